The summed E-state index contributed by atoms with van der Waals surface area (Å²) in [5.41, 5.74) is 1.34. The second-order valence-corrected chi connectivity index (χ2v) is 4.44. The fourth-order valence-electron chi connectivity index (χ4n) is 1.72. The SMILES string of the molecule is CC[C@H]1NCCc2nc(C)sc21. The summed E-state index contributed by atoms with van der Waals surface area (Å²) < 4.78 is 0. The minimum absolute atomic E-state index is 0.569. The lowest BCUT2D eigenvalue weighted by Crippen LogP contribution is -2.28. The Bertz CT molecular complexity index is 280. The highest BCUT2D eigenvalue weighted by atomic mass is 32.1. The van der Waals surface area contributed by atoms with Crippen molar-refractivity contribution in [1.29, 1.82) is 0 Å². The van der Waals surface area contributed by atoms with Crippen LogP contribution in [0.5, 0.6) is 0 Å². The molecule has 0 bridgehead atoms. The molecule has 1 aliphatic heterocycles. The average molecular weight is 182 g/mol. The molecule has 1 N–H and O–H groups in total. The number of thiazole rings is 1. The van der Waals surface area contributed by atoms with E-state index in [0.29, 0.717) is 6.04 Å². The molecule has 0 saturated heterocycles. The number of fused-ring (bicyclic) bond motifs is 1. The van der Waals surface area contributed by atoms with Crippen molar-refractivity contribution in [2.24, 2.45) is 0 Å². The van der Waals surface area contributed by atoms with Gasteiger partial charge in [0.05, 0.1) is 10.7 Å². The van der Waals surface area contributed by atoms with Crippen LogP contribution in [0.25, 0.3) is 0 Å². The molecule has 1 aromatic rings. The average Bonchev–Trinajstić information content (AvgIpc) is 2.44. The Balaban J connectivity index is 2.36. The standard InChI is InChI=1S/C9H14N2S/c1-3-7-9-8(4-5-10-7)11-6(2)12-9/h7,10H,3-5H2,1-2H3/t7-/m1/s1. The van der Waals surface area contributed by atoms with E-state index in [0.717, 1.165) is 13.0 Å². The second-order valence-electron chi connectivity index (χ2n) is 3.21. The van der Waals surface area contributed by atoms with Crippen LogP contribution in [0.2, 0.25) is 0 Å². The summed E-state index contributed by atoms with van der Waals surface area (Å²) in [6, 6.07) is 0.569. The van der Waals surface area contributed by atoms with Crippen LogP contribution in [0.4, 0.5) is 0 Å². The van der Waals surface area contributed by atoms with E-state index in [-0.39, 0.29) is 0 Å². The molecule has 66 valence electrons. The molecule has 0 spiro atoms. The van der Waals surface area contributed by atoms with Crippen molar-refractivity contribution in [2.45, 2.75) is 32.7 Å². The number of hydrogen-bond acceptors (Lipinski definition) is 3. The number of aryl methyl sites for hydroxylation is 1. The largest absolute Gasteiger partial charge is 0.309 e. The van der Waals surface area contributed by atoms with Crippen LogP contribution >= 0.6 is 11.3 Å². The maximum atomic E-state index is 4.53. The summed E-state index contributed by atoms with van der Waals surface area (Å²) in [6.07, 6.45) is 2.28. The lowest BCUT2D eigenvalue weighted by Gasteiger charge is -2.21. The number of aromatic nitrogens is 1. The smallest absolute Gasteiger partial charge is 0.0900 e. The first-order chi connectivity index (χ1) is 5.81. The summed E-state index contributed by atoms with van der Waals surface area (Å²) in [4.78, 5) is 6.00. The first-order valence-corrected chi connectivity index (χ1v) is 5.32. The summed E-state index contributed by atoms with van der Waals surface area (Å²) in [5, 5.41) is 4.72. The van der Waals surface area contributed by atoms with Gasteiger partial charge in [0.2, 0.25) is 0 Å². The van der Waals surface area contributed by atoms with Crippen LogP contribution in [0.1, 0.15) is 35.0 Å². The quantitative estimate of drug-likeness (QED) is 0.719. The molecule has 3 heteroatoms. The Hall–Kier alpha value is -0.410. The normalized spacial score (nSPS) is 22.3. The Kier molecular flexibility index (Phi) is 2.15. The van der Waals surface area contributed by atoms with Crippen LogP contribution in [0.15, 0.2) is 0 Å². The molecule has 1 aromatic heterocycles. The van der Waals surface area contributed by atoms with E-state index in [2.05, 4.69) is 24.1 Å². The molecule has 0 aliphatic carbocycles. The third-order valence-corrected chi connectivity index (χ3v) is 3.44. The molecular formula is C9H14N2S. The highest BCUT2D eigenvalue weighted by Crippen LogP contribution is 2.30. The van der Waals surface area contributed by atoms with Crippen molar-refractivity contribution in [2.75, 3.05) is 6.54 Å². The minimum atomic E-state index is 0.569. The zero-order valence-corrected chi connectivity index (χ0v) is 8.37. The van der Waals surface area contributed by atoms with Crippen molar-refractivity contribution in [3.05, 3.63) is 15.6 Å². The molecule has 2 rings (SSSR count). The topological polar surface area (TPSA) is 24.9 Å². The summed E-state index contributed by atoms with van der Waals surface area (Å²) >= 11 is 1.85. The van der Waals surface area contributed by atoms with E-state index in [1.54, 1.807) is 0 Å². The van der Waals surface area contributed by atoms with Crippen molar-refractivity contribution >= 4 is 11.3 Å². The fourth-order valence-corrected chi connectivity index (χ4v) is 2.86. The Labute approximate surface area is 77.0 Å². The summed E-state index contributed by atoms with van der Waals surface area (Å²) in [6.45, 7) is 5.41. The third kappa shape index (κ3) is 1.27. The fraction of sp³-hybridized carbons (Fsp3) is 0.667. The van der Waals surface area contributed by atoms with Crippen LogP contribution in [0, 0.1) is 6.92 Å². The number of nitrogens with one attached hydrogen (secondary N) is 1. The van der Waals surface area contributed by atoms with E-state index >= 15 is 0 Å². The summed E-state index contributed by atoms with van der Waals surface area (Å²) in [5.74, 6) is 0. The molecule has 0 unspecified atom stereocenters. The van der Waals surface area contributed by atoms with Gasteiger partial charge in [0.25, 0.3) is 0 Å². The van der Waals surface area contributed by atoms with Gasteiger partial charge in [0.1, 0.15) is 0 Å². The minimum Gasteiger partial charge on any atom is -0.309 e. The molecule has 0 radical (unpaired) electrons. The van der Waals surface area contributed by atoms with Gasteiger partial charge >= 0.3 is 0 Å². The van der Waals surface area contributed by atoms with Crippen molar-refractivity contribution < 1.29 is 0 Å². The predicted octanol–water partition coefficient (Wildman–Crippen LogP) is 2.05. The lowest BCUT2D eigenvalue weighted by atomic mass is 10.1. The van der Waals surface area contributed by atoms with E-state index in [1.807, 2.05) is 11.3 Å². The van der Waals surface area contributed by atoms with E-state index < -0.39 is 0 Å². The molecule has 2 nitrogen and oxygen atoms in total. The number of nitrogens with zero attached hydrogens (tertiary/aromatic N) is 1. The Morgan fingerprint density at radius 2 is 2.50 bits per heavy atom. The van der Waals surface area contributed by atoms with Gasteiger partial charge in [-0.3, -0.25) is 0 Å². The zero-order valence-electron chi connectivity index (χ0n) is 7.55. The molecule has 1 aliphatic rings. The molecular weight excluding hydrogens is 168 g/mol. The summed E-state index contributed by atoms with van der Waals surface area (Å²) in [7, 11) is 0. The molecule has 2 heterocycles. The first-order valence-electron chi connectivity index (χ1n) is 4.51. The lowest BCUT2D eigenvalue weighted by molar-refractivity contribution is 0.497. The van der Waals surface area contributed by atoms with Gasteiger partial charge in [-0.1, -0.05) is 6.92 Å². The molecule has 0 aromatic carbocycles. The van der Waals surface area contributed by atoms with Gasteiger partial charge < -0.3 is 5.32 Å². The van der Waals surface area contributed by atoms with Gasteiger partial charge in [-0.15, -0.1) is 11.3 Å². The van der Waals surface area contributed by atoms with Gasteiger partial charge in [-0.25, -0.2) is 4.98 Å². The Morgan fingerprint density at radius 1 is 1.67 bits per heavy atom. The van der Waals surface area contributed by atoms with Crippen molar-refractivity contribution in [3.8, 4) is 0 Å². The van der Waals surface area contributed by atoms with E-state index in [9.17, 15) is 0 Å². The molecule has 0 saturated carbocycles. The van der Waals surface area contributed by atoms with Crippen LogP contribution < -0.4 is 5.32 Å². The second kappa shape index (κ2) is 3.15. The van der Waals surface area contributed by atoms with Crippen molar-refractivity contribution in [1.82, 2.24) is 10.3 Å². The van der Waals surface area contributed by atoms with Crippen molar-refractivity contribution in [3.63, 3.8) is 0 Å². The predicted molar refractivity (Wildman–Crippen MR) is 51.6 cm³/mol. The molecule has 1 atom stereocenters. The van der Waals surface area contributed by atoms with Crippen LogP contribution in [0.3, 0.4) is 0 Å². The molecule has 0 fully saturated rings. The molecule has 12 heavy (non-hydrogen) atoms. The Morgan fingerprint density at radius 3 is 3.25 bits per heavy atom. The van der Waals surface area contributed by atoms with Crippen LogP contribution in [-0.4, -0.2) is 11.5 Å². The monoisotopic (exact) mass is 182 g/mol. The number of rotatable bonds is 1. The first kappa shape index (κ1) is 8.20. The van der Waals surface area contributed by atoms with E-state index in [4.69, 9.17) is 0 Å². The van der Waals surface area contributed by atoms with Crippen LogP contribution in [-0.2, 0) is 6.42 Å². The van der Waals surface area contributed by atoms with Gasteiger partial charge in [0.15, 0.2) is 0 Å². The van der Waals surface area contributed by atoms with E-state index in [1.165, 1.54) is 22.0 Å². The molecule has 0 amide bonds. The zero-order chi connectivity index (χ0) is 8.55. The maximum Gasteiger partial charge on any atom is 0.0900 e. The number of hydrogen-bond donors (Lipinski definition) is 1. The van der Waals surface area contributed by atoms with Gasteiger partial charge in [-0.2, -0.15) is 0 Å². The maximum absolute atomic E-state index is 4.53. The highest BCUT2D eigenvalue weighted by Gasteiger charge is 2.21. The van der Waals surface area contributed by atoms with Gasteiger partial charge in [-0.05, 0) is 13.3 Å². The third-order valence-electron chi connectivity index (χ3n) is 2.31. The van der Waals surface area contributed by atoms with Gasteiger partial charge in [0, 0.05) is 23.9 Å². The highest BCUT2D eigenvalue weighted by molar-refractivity contribution is 7.11.